The van der Waals surface area contributed by atoms with Crippen LogP contribution < -0.4 is 10.1 Å². The van der Waals surface area contributed by atoms with Crippen molar-refractivity contribution in [2.24, 2.45) is 0 Å². The average molecular weight is 340 g/mol. The number of aryl methyl sites for hydroxylation is 1. The second-order valence-corrected chi connectivity index (χ2v) is 5.68. The van der Waals surface area contributed by atoms with E-state index in [2.05, 4.69) is 27.3 Å². The van der Waals surface area contributed by atoms with Crippen molar-refractivity contribution < 1.29 is 9.66 Å². The van der Waals surface area contributed by atoms with Gasteiger partial charge >= 0.3 is 5.69 Å². The van der Waals surface area contributed by atoms with Gasteiger partial charge in [-0.15, -0.1) is 0 Å². The van der Waals surface area contributed by atoms with Crippen LogP contribution in [0.15, 0.2) is 16.6 Å². The summed E-state index contributed by atoms with van der Waals surface area (Å²) in [5.74, 6) is 0.219. The molecule has 0 radical (unpaired) electrons. The topological polar surface area (TPSA) is 88.2 Å². The third kappa shape index (κ3) is 3.68. The minimum Gasteiger partial charge on any atom is -0.484 e. The number of nitro benzene ring substituents is 1. The Morgan fingerprint density at radius 3 is 2.90 bits per heavy atom. The fourth-order valence-electron chi connectivity index (χ4n) is 1.86. The zero-order chi connectivity index (χ0) is 14.7. The van der Waals surface area contributed by atoms with Gasteiger partial charge < -0.3 is 4.74 Å². The normalized spacial score (nSPS) is 15.4. The Kier molecular flexibility index (Phi) is 4.57. The van der Waals surface area contributed by atoms with Gasteiger partial charge in [0.15, 0.2) is 5.75 Å². The summed E-state index contributed by atoms with van der Waals surface area (Å²) in [6, 6.07) is 5.18. The van der Waals surface area contributed by atoms with E-state index >= 15 is 0 Å². The third-order valence-corrected chi connectivity index (χ3v) is 3.44. The molecule has 1 unspecified atom stereocenters. The van der Waals surface area contributed by atoms with Crippen LogP contribution in [0, 0.1) is 28.4 Å². The molecule has 1 saturated carbocycles. The van der Waals surface area contributed by atoms with E-state index in [1.807, 2.05) is 0 Å². The summed E-state index contributed by atoms with van der Waals surface area (Å²) in [7, 11) is 0. The van der Waals surface area contributed by atoms with Gasteiger partial charge in [-0.05, 0) is 31.4 Å². The van der Waals surface area contributed by atoms with E-state index in [0.29, 0.717) is 16.1 Å². The van der Waals surface area contributed by atoms with Crippen molar-refractivity contribution in [3.8, 4) is 11.8 Å². The number of halogens is 1. The Bertz CT molecular complexity index is 567. The summed E-state index contributed by atoms with van der Waals surface area (Å²) >= 11 is 3.23. The largest absolute Gasteiger partial charge is 0.484 e. The Morgan fingerprint density at radius 1 is 1.65 bits per heavy atom. The van der Waals surface area contributed by atoms with E-state index in [-0.39, 0.29) is 18.0 Å². The maximum atomic E-state index is 11.1. The van der Waals surface area contributed by atoms with Gasteiger partial charge in [-0.25, -0.2) is 0 Å². The number of benzene rings is 1. The number of nitro groups is 1. The zero-order valence-corrected chi connectivity index (χ0v) is 12.5. The van der Waals surface area contributed by atoms with Gasteiger partial charge in [0.1, 0.15) is 12.6 Å². The summed E-state index contributed by atoms with van der Waals surface area (Å²) in [6.45, 7) is 1.83. The summed E-state index contributed by atoms with van der Waals surface area (Å²) in [4.78, 5) is 10.6. The average Bonchev–Trinajstić information content (AvgIpc) is 3.19. The molecule has 2 rings (SSSR count). The van der Waals surface area contributed by atoms with Crippen LogP contribution >= 0.6 is 15.9 Å². The Labute approximate surface area is 125 Å². The lowest BCUT2D eigenvalue weighted by atomic mass is 10.2. The molecule has 1 fully saturated rings. The lowest BCUT2D eigenvalue weighted by Crippen LogP contribution is -2.35. The van der Waals surface area contributed by atoms with E-state index in [1.165, 1.54) is 6.07 Å². The van der Waals surface area contributed by atoms with Crippen molar-refractivity contribution in [2.45, 2.75) is 31.8 Å². The first kappa shape index (κ1) is 14.8. The molecule has 0 amide bonds. The van der Waals surface area contributed by atoms with Gasteiger partial charge in [0.05, 0.1) is 11.0 Å². The first-order chi connectivity index (χ1) is 9.51. The summed E-state index contributed by atoms with van der Waals surface area (Å²) < 4.78 is 6.15. The van der Waals surface area contributed by atoms with Crippen LogP contribution in [0.5, 0.6) is 5.75 Å². The lowest BCUT2D eigenvalue weighted by Gasteiger charge is -2.14. The van der Waals surface area contributed by atoms with Gasteiger partial charge in [0.2, 0.25) is 0 Å². The first-order valence-electron chi connectivity index (χ1n) is 6.24. The molecule has 20 heavy (non-hydrogen) atoms. The molecule has 1 aromatic rings. The van der Waals surface area contributed by atoms with Crippen LogP contribution in [0.25, 0.3) is 0 Å². The standard InChI is InChI=1S/C13H14BrN3O3/c1-8-4-9(14)5-12(17(18)19)13(8)20-7-11(6-15)16-10-2-3-10/h4-5,10-11,16H,2-3,7H2,1H3. The summed E-state index contributed by atoms with van der Waals surface area (Å²) in [6.07, 6.45) is 2.13. The molecule has 7 heteroatoms. The number of nitrogens with zero attached hydrogens (tertiary/aromatic N) is 2. The van der Waals surface area contributed by atoms with E-state index in [1.54, 1.807) is 13.0 Å². The molecule has 0 saturated heterocycles. The van der Waals surface area contributed by atoms with Crippen molar-refractivity contribution in [1.82, 2.24) is 5.32 Å². The molecule has 106 valence electrons. The fourth-order valence-corrected chi connectivity index (χ4v) is 2.42. The van der Waals surface area contributed by atoms with Gasteiger partial charge in [0.25, 0.3) is 0 Å². The van der Waals surface area contributed by atoms with Crippen molar-refractivity contribution in [3.05, 3.63) is 32.3 Å². The molecule has 1 aromatic carbocycles. The molecule has 1 N–H and O–H groups in total. The second kappa shape index (κ2) is 6.20. The van der Waals surface area contributed by atoms with Crippen molar-refractivity contribution >= 4 is 21.6 Å². The van der Waals surface area contributed by atoms with E-state index in [0.717, 1.165) is 12.8 Å². The lowest BCUT2D eigenvalue weighted by molar-refractivity contribution is -0.386. The second-order valence-electron chi connectivity index (χ2n) is 4.76. The van der Waals surface area contributed by atoms with Gasteiger partial charge in [-0.2, -0.15) is 5.26 Å². The number of ether oxygens (including phenoxy) is 1. The molecular formula is C13H14BrN3O3. The maximum absolute atomic E-state index is 11.1. The van der Waals surface area contributed by atoms with Crippen molar-refractivity contribution in [1.29, 1.82) is 5.26 Å². The van der Waals surface area contributed by atoms with Crippen molar-refractivity contribution in [2.75, 3.05) is 6.61 Å². The van der Waals surface area contributed by atoms with Crippen LogP contribution in [0.1, 0.15) is 18.4 Å². The highest BCUT2D eigenvalue weighted by Gasteiger charge is 2.26. The highest BCUT2D eigenvalue weighted by molar-refractivity contribution is 9.10. The molecule has 0 aromatic heterocycles. The minimum absolute atomic E-state index is 0.0936. The van der Waals surface area contributed by atoms with Crippen LogP contribution in [0.3, 0.4) is 0 Å². The van der Waals surface area contributed by atoms with Crippen LogP contribution in [-0.2, 0) is 0 Å². The number of hydrogen-bond acceptors (Lipinski definition) is 5. The molecule has 1 aliphatic carbocycles. The molecule has 1 atom stereocenters. The summed E-state index contributed by atoms with van der Waals surface area (Å²) in [5, 5.41) is 23.2. The Balaban J connectivity index is 2.11. The molecular weight excluding hydrogens is 326 g/mol. The van der Waals surface area contributed by atoms with E-state index in [4.69, 9.17) is 10.00 Å². The molecule has 0 bridgehead atoms. The smallest absolute Gasteiger partial charge is 0.312 e. The minimum atomic E-state index is -0.483. The number of nitriles is 1. The van der Waals surface area contributed by atoms with Gasteiger partial charge in [0, 0.05) is 16.6 Å². The Hall–Kier alpha value is -1.65. The predicted octanol–water partition coefficient (Wildman–Crippen LogP) is 2.69. The van der Waals surface area contributed by atoms with Gasteiger partial charge in [-0.1, -0.05) is 15.9 Å². The molecule has 1 aliphatic rings. The summed E-state index contributed by atoms with van der Waals surface area (Å²) in [5.41, 5.74) is 0.564. The molecule has 0 spiro atoms. The first-order valence-corrected chi connectivity index (χ1v) is 7.03. The highest BCUT2D eigenvalue weighted by Crippen LogP contribution is 2.34. The monoisotopic (exact) mass is 339 g/mol. The maximum Gasteiger partial charge on any atom is 0.312 e. The number of nitrogens with one attached hydrogen (secondary N) is 1. The molecule has 6 nitrogen and oxygen atoms in total. The van der Waals surface area contributed by atoms with Crippen LogP contribution in [-0.4, -0.2) is 23.6 Å². The van der Waals surface area contributed by atoms with Crippen LogP contribution in [0.2, 0.25) is 0 Å². The SMILES string of the molecule is Cc1cc(Br)cc([N+](=O)[O-])c1OCC(C#N)NC1CC1. The van der Waals surface area contributed by atoms with Gasteiger partial charge in [-0.3, -0.25) is 15.4 Å². The highest BCUT2D eigenvalue weighted by atomic mass is 79.9. The quantitative estimate of drug-likeness (QED) is 0.635. The third-order valence-electron chi connectivity index (χ3n) is 2.98. The van der Waals surface area contributed by atoms with Crippen molar-refractivity contribution in [3.63, 3.8) is 0 Å². The van der Waals surface area contributed by atoms with E-state index < -0.39 is 11.0 Å². The molecule has 0 aliphatic heterocycles. The Morgan fingerprint density at radius 2 is 2.35 bits per heavy atom. The zero-order valence-electron chi connectivity index (χ0n) is 10.9. The van der Waals surface area contributed by atoms with E-state index in [9.17, 15) is 10.1 Å². The van der Waals surface area contributed by atoms with Crippen LogP contribution in [0.4, 0.5) is 5.69 Å². The molecule has 0 heterocycles. The predicted molar refractivity (Wildman–Crippen MR) is 76.6 cm³/mol. The fraction of sp³-hybridized carbons (Fsp3) is 0.462. The number of rotatable bonds is 6. The number of hydrogen-bond donors (Lipinski definition) is 1.